The fraction of sp³-hybridized carbons (Fsp3) is 0.154. The number of nitro benzene ring substituents is 1. The van der Waals surface area contributed by atoms with Gasteiger partial charge in [0.25, 0.3) is 5.69 Å². The van der Waals surface area contributed by atoms with E-state index in [0.29, 0.717) is 16.5 Å². The molecule has 0 spiro atoms. The lowest BCUT2D eigenvalue weighted by Crippen LogP contribution is -2.25. The molecule has 0 bridgehead atoms. The first kappa shape index (κ1) is 12.8. The summed E-state index contributed by atoms with van der Waals surface area (Å²) < 4.78 is 5.44. The van der Waals surface area contributed by atoms with E-state index in [0.717, 1.165) is 0 Å². The van der Waals surface area contributed by atoms with E-state index in [9.17, 15) is 10.1 Å². The number of nitriles is 1. The van der Waals surface area contributed by atoms with Gasteiger partial charge in [0.05, 0.1) is 16.4 Å². The molecule has 1 atom stereocenters. The molecule has 2 rings (SSSR count). The zero-order chi connectivity index (χ0) is 13.8. The van der Waals surface area contributed by atoms with Crippen LogP contribution in [0.25, 0.3) is 10.8 Å². The smallest absolute Gasteiger partial charge is 0.277 e. The summed E-state index contributed by atoms with van der Waals surface area (Å²) in [7, 11) is 0. The van der Waals surface area contributed by atoms with Gasteiger partial charge in [-0.2, -0.15) is 5.26 Å². The molecule has 0 amide bonds. The van der Waals surface area contributed by atoms with Crippen LogP contribution in [0.5, 0.6) is 5.75 Å². The van der Waals surface area contributed by atoms with Crippen LogP contribution >= 0.6 is 0 Å². The van der Waals surface area contributed by atoms with Crippen molar-refractivity contribution in [2.45, 2.75) is 6.04 Å². The molecule has 1 unspecified atom stereocenters. The highest BCUT2D eigenvalue weighted by atomic mass is 16.6. The molecule has 2 aromatic carbocycles. The number of ether oxygens (including phenoxy) is 1. The molecule has 2 aromatic rings. The average Bonchev–Trinajstić information content (AvgIpc) is 2.43. The molecule has 2 N–H and O–H groups in total. The number of hydrogen-bond acceptors (Lipinski definition) is 5. The van der Waals surface area contributed by atoms with E-state index in [2.05, 4.69) is 0 Å². The van der Waals surface area contributed by atoms with Gasteiger partial charge in [-0.25, -0.2) is 0 Å². The molecule has 0 heterocycles. The summed E-state index contributed by atoms with van der Waals surface area (Å²) in [6, 6.07) is 10.9. The summed E-state index contributed by atoms with van der Waals surface area (Å²) in [5, 5.41) is 20.7. The van der Waals surface area contributed by atoms with E-state index in [1.165, 1.54) is 12.1 Å². The lowest BCUT2D eigenvalue weighted by atomic mass is 10.1. The summed E-state index contributed by atoms with van der Waals surface area (Å²) in [4.78, 5) is 10.5. The normalized spacial score (nSPS) is 11.8. The van der Waals surface area contributed by atoms with E-state index >= 15 is 0 Å². The Kier molecular flexibility index (Phi) is 3.59. The molecule has 0 aromatic heterocycles. The molecule has 0 aliphatic rings. The van der Waals surface area contributed by atoms with Gasteiger partial charge in [-0.3, -0.25) is 10.1 Å². The molecule has 19 heavy (non-hydrogen) atoms. The van der Waals surface area contributed by atoms with Crippen molar-refractivity contribution in [2.24, 2.45) is 5.73 Å². The van der Waals surface area contributed by atoms with Crippen molar-refractivity contribution in [2.75, 3.05) is 6.61 Å². The standard InChI is InChI=1S/C13H11N3O3/c14-7-9(15)8-19-13-6-5-12(16(17)18)10-3-1-2-4-11(10)13/h1-6,9H,8,15H2. The third-order valence-corrected chi connectivity index (χ3v) is 2.64. The Labute approximate surface area is 109 Å². The van der Waals surface area contributed by atoms with Crippen molar-refractivity contribution in [3.8, 4) is 11.8 Å². The molecular weight excluding hydrogens is 246 g/mol. The first-order chi connectivity index (χ1) is 9.13. The summed E-state index contributed by atoms with van der Waals surface area (Å²) in [6.45, 7) is 0.0400. The van der Waals surface area contributed by atoms with Crippen molar-refractivity contribution in [1.82, 2.24) is 0 Å². The molecule has 0 fully saturated rings. The molecule has 6 heteroatoms. The van der Waals surface area contributed by atoms with Gasteiger partial charge in [0.1, 0.15) is 18.4 Å². The van der Waals surface area contributed by atoms with E-state index in [4.69, 9.17) is 15.7 Å². The Bertz CT molecular complexity index is 664. The van der Waals surface area contributed by atoms with E-state index in [1.807, 2.05) is 6.07 Å². The number of non-ortho nitro benzene ring substituents is 1. The summed E-state index contributed by atoms with van der Waals surface area (Å²) in [6.07, 6.45) is 0. The van der Waals surface area contributed by atoms with Gasteiger partial charge in [0.15, 0.2) is 0 Å². The highest BCUT2D eigenvalue weighted by Gasteiger charge is 2.14. The second kappa shape index (κ2) is 5.33. The van der Waals surface area contributed by atoms with Crippen LogP contribution in [-0.2, 0) is 0 Å². The maximum absolute atomic E-state index is 10.9. The minimum atomic E-state index is -0.728. The highest BCUT2D eigenvalue weighted by molar-refractivity contribution is 5.95. The maximum atomic E-state index is 10.9. The molecule has 6 nitrogen and oxygen atoms in total. The van der Waals surface area contributed by atoms with Crippen LogP contribution in [0.4, 0.5) is 5.69 Å². The van der Waals surface area contributed by atoms with Crippen molar-refractivity contribution >= 4 is 16.5 Å². The minimum Gasteiger partial charge on any atom is -0.490 e. The molecular formula is C13H11N3O3. The van der Waals surface area contributed by atoms with Crippen molar-refractivity contribution in [3.05, 3.63) is 46.5 Å². The highest BCUT2D eigenvalue weighted by Crippen LogP contribution is 2.32. The Hall–Kier alpha value is -2.65. The maximum Gasteiger partial charge on any atom is 0.277 e. The van der Waals surface area contributed by atoms with E-state index in [1.54, 1.807) is 24.3 Å². The third-order valence-electron chi connectivity index (χ3n) is 2.64. The number of hydrogen-bond donors (Lipinski definition) is 1. The van der Waals surface area contributed by atoms with Crippen molar-refractivity contribution < 1.29 is 9.66 Å². The molecule has 0 aliphatic carbocycles. The van der Waals surface area contributed by atoms with Crippen LogP contribution in [-0.4, -0.2) is 17.6 Å². The van der Waals surface area contributed by atoms with Crippen LogP contribution in [0.1, 0.15) is 0 Å². The van der Waals surface area contributed by atoms with E-state index in [-0.39, 0.29) is 12.3 Å². The van der Waals surface area contributed by atoms with Gasteiger partial charge in [-0.05, 0) is 12.1 Å². The number of fused-ring (bicyclic) bond motifs is 1. The second-order valence-corrected chi connectivity index (χ2v) is 3.93. The number of nitrogens with two attached hydrogens (primary N) is 1. The SMILES string of the molecule is N#CC(N)COc1ccc([N+](=O)[O-])c2ccccc12. The molecule has 0 saturated carbocycles. The fourth-order valence-electron chi connectivity index (χ4n) is 1.76. The van der Waals surface area contributed by atoms with Crippen molar-refractivity contribution in [1.29, 1.82) is 5.26 Å². The monoisotopic (exact) mass is 257 g/mol. The van der Waals surface area contributed by atoms with Gasteiger partial charge in [-0.15, -0.1) is 0 Å². The van der Waals surface area contributed by atoms with Crippen molar-refractivity contribution in [3.63, 3.8) is 0 Å². The summed E-state index contributed by atoms with van der Waals surface area (Å²) in [5.74, 6) is 0.479. The Morgan fingerprint density at radius 3 is 2.63 bits per heavy atom. The largest absolute Gasteiger partial charge is 0.490 e. The second-order valence-electron chi connectivity index (χ2n) is 3.93. The van der Waals surface area contributed by atoms with Gasteiger partial charge in [0, 0.05) is 11.5 Å². The molecule has 0 radical (unpaired) electrons. The lowest BCUT2D eigenvalue weighted by molar-refractivity contribution is -0.383. The predicted octanol–water partition coefficient (Wildman–Crippen LogP) is 1.98. The first-order valence-corrected chi connectivity index (χ1v) is 5.57. The first-order valence-electron chi connectivity index (χ1n) is 5.57. The third kappa shape index (κ3) is 2.61. The minimum absolute atomic E-state index is 0.0209. The topological polar surface area (TPSA) is 102 Å². The van der Waals surface area contributed by atoms with E-state index < -0.39 is 11.0 Å². The van der Waals surface area contributed by atoms with Gasteiger partial charge >= 0.3 is 0 Å². The van der Waals surface area contributed by atoms with Gasteiger partial charge in [-0.1, -0.05) is 18.2 Å². The summed E-state index contributed by atoms with van der Waals surface area (Å²) >= 11 is 0. The molecule has 0 aliphatic heterocycles. The van der Waals surface area contributed by atoms with Crippen LogP contribution < -0.4 is 10.5 Å². The molecule has 96 valence electrons. The predicted molar refractivity (Wildman–Crippen MR) is 69.7 cm³/mol. The quantitative estimate of drug-likeness (QED) is 0.666. The number of nitrogens with zero attached hydrogens (tertiary/aromatic N) is 2. The zero-order valence-electron chi connectivity index (χ0n) is 9.95. The van der Waals surface area contributed by atoms with Gasteiger partial charge in [0.2, 0.25) is 0 Å². The Balaban J connectivity index is 2.44. The lowest BCUT2D eigenvalue weighted by Gasteiger charge is -2.10. The van der Waals surface area contributed by atoms with Crippen LogP contribution in [0.15, 0.2) is 36.4 Å². The van der Waals surface area contributed by atoms with Crippen LogP contribution in [0, 0.1) is 21.4 Å². The summed E-state index contributed by atoms with van der Waals surface area (Å²) in [5.41, 5.74) is 5.47. The fourth-order valence-corrected chi connectivity index (χ4v) is 1.76. The number of nitro groups is 1. The molecule has 0 saturated heterocycles. The number of rotatable bonds is 4. The zero-order valence-corrected chi connectivity index (χ0v) is 9.95. The van der Waals surface area contributed by atoms with Gasteiger partial charge < -0.3 is 10.5 Å². The Morgan fingerprint density at radius 2 is 2.00 bits per heavy atom. The average molecular weight is 257 g/mol. The van der Waals surface area contributed by atoms with Crippen LogP contribution in [0.2, 0.25) is 0 Å². The Morgan fingerprint density at radius 1 is 1.32 bits per heavy atom. The van der Waals surface area contributed by atoms with Crippen LogP contribution in [0.3, 0.4) is 0 Å². The number of benzene rings is 2.